The number of Topliss-reactive ketones (excluding diaryl/α,β-unsaturated/α-hetero) is 1. The molecular formula is C13H20O. The van der Waals surface area contributed by atoms with Crippen LogP contribution in [0.25, 0.3) is 0 Å². The molecule has 0 N–H and O–H groups in total. The molecule has 1 nitrogen and oxygen atoms in total. The van der Waals surface area contributed by atoms with Crippen LogP contribution >= 0.6 is 0 Å². The summed E-state index contributed by atoms with van der Waals surface area (Å²) in [5.74, 6) is 0.970. The molecule has 0 amide bonds. The first kappa shape index (κ1) is 12.9. The summed E-state index contributed by atoms with van der Waals surface area (Å²) < 4.78 is 0. The van der Waals surface area contributed by atoms with E-state index in [1.807, 2.05) is 31.2 Å². The number of rotatable bonds is 1. The van der Waals surface area contributed by atoms with Gasteiger partial charge in [-0.15, -0.1) is 0 Å². The molecule has 0 aliphatic carbocycles. The van der Waals surface area contributed by atoms with Crippen LogP contribution in [0.15, 0.2) is 24.3 Å². The van der Waals surface area contributed by atoms with Crippen molar-refractivity contribution in [1.29, 1.82) is 0 Å². The van der Waals surface area contributed by atoms with E-state index >= 15 is 0 Å². The normalized spacial score (nSPS) is 9.29. The third kappa shape index (κ3) is 5.52. The predicted molar refractivity (Wildman–Crippen MR) is 61.7 cm³/mol. The molecule has 0 bridgehead atoms. The van der Waals surface area contributed by atoms with E-state index < -0.39 is 0 Å². The number of hydrogen-bond donors (Lipinski definition) is 0. The first-order chi connectivity index (χ1) is 6.45. The lowest BCUT2D eigenvalue weighted by Crippen LogP contribution is -1.93. The molecule has 14 heavy (non-hydrogen) atoms. The number of carbonyl (C=O) groups is 1. The van der Waals surface area contributed by atoms with E-state index in [4.69, 9.17) is 0 Å². The van der Waals surface area contributed by atoms with Crippen molar-refractivity contribution in [1.82, 2.24) is 0 Å². The predicted octanol–water partition coefficient (Wildman–Crippen LogP) is 3.86. The second-order valence-electron chi connectivity index (χ2n) is 4.10. The van der Waals surface area contributed by atoms with Crippen molar-refractivity contribution in [3.63, 3.8) is 0 Å². The van der Waals surface area contributed by atoms with Crippen LogP contribution in [0.2, 0.25) is 0 Å². The van der Waals surface area contributed by atoms with Crippen LogP contribution < -0.4 is 0 Å². The first-order valence-corrected chi connectivity index (χ1v) is 5.01. The van der Waals surface area contributed by atoms with Gasteiger partial charge in [-0.25, -0.2) is 0 Å². The summed E-state index contributed by atoms with van der Waals surface area (Å²) in [7, 11) is 0. The zero-order chi connectivity index (χ0) is 11.1. The summed E-state index contributed by atoms with van der Waals surface area (Å²) in [6, 6.07) is 7.60. The molecule has 0 aliphatic rings. The Morgan fingerprint density at radius 1 is 1.14 bits per heavy atom. The third-order valence-corrected chi connectivity index (χ3v) is 1.52. The van der Waals surface area contributed by atoms with Gasteiger partial charge in [-0.05, 0) is 25.3 Å². The maximum absolute atomic E-state index is 10.9. The van der Waals surface area contributed by atoms with Gasteiger partial charge in [-0.3, -0.25) is 4.79 Å². The topological polar surface area (TPSA) is 17.1 Å². The summed E-state index contributed by atoms with van der Waals surface area (Å²) >= 11 is 0. The second-order valence-corrected chi connectivity index (χ2v) is 4.10. The number of ketones is 1. The Bertz CT molecular complexity index is 284. The van der Waals surface area contributed by atoms with Gasteiger partial charge in [-0.1, -0.05) is 45.0 Å². The van der Waals surface area contributed by atoms with E-state index in [0.29, 0.717) is 0 Å². The molecule has 0 fully saturated rings. The molecule has 0 aliphatic heterocycles. The van der Waals surface area contributed by atoms with E-state index in [1.54, 1.807) is 6.92 Å². The highest BCUT2D eigenvalue weighted by molar-refractivity contribution is 5.95. The Hall–Kier alpha value is -1.11. The Morgan fingerprint density at radius 3 is 1.86 bits per heavy atom. The van der Waals surface area contributed by atoms with Crippen molar-refractivity contribution < 1.29 is 4.79 Å². The highest BCUT2D eigenvalue weighted by Gasteiger charge is 1.99. The van der Waals surface area contributed by atoms with Crippen LogP contribution in [0.1, 0.15) is 43.6 Å². The highest BCUT2D eigenvalue weighted by atomic mass is 16.1. The lowest BCUT2D eigenvalue weighted by atomic mass is 10.1. The van der Waals surface area contributed by atoms with Crippen LogP contribution in [-0.2, 0) is 0 Å². The van der Waals surface area contributed by atoms with Gasteiger partial charge < -0.3 is 0 Å². The van der Waals surface area contributed by atoms with Gasteiger partial charge in [0.25, 0.3) is 0 Å². The minimum absolute atomic E-state index is 0.137. The largest absolute Gasteiger partial charge is 0.295 e. The van der Waals surface area contributed by atoms with Crippen molar-refractivity contribution in [3.05, 3.63) is 35.4 Å². The summed E-state index contributed by atoms with van der Waals surface area (Å²) in [5, 5.41) is 0. The fourth-order valence-electron chi connectivity index (χ4n) is 0.968. The summed E-state index contributed by atoms with van der Waals surface area (Å²) in [4.78, 5) is 10.9. The van der Waals surface area contributed by atoms with Crippen molar-refractivity contribution >= 4 is 5.78 Å². The van der Waals surface area contributed by atoms with Crippen molar-refractivity contribution in [2.24, 2.45) is 5.92 Å². The minimum atomic E-state index is 0.137. The fraction of sp³-hybridized carbons (Fsp3) is 0.462. The van der Waals surface area contributed by atoms with Gasteiger partial charge in [0, 0.05) is 5.56 Å². The van der Waals surface area contributed by atoms with Crippen LogP contribution in [0.4, 0.5) is 0 Å². The van der Waals surface area contributed by atoms with Crippen LogP contribution in [0, 0.1) is 12.8 Å². The number of benzene rings is 1. The number of carbonyl (C=O) groups excluding carboxylic acids is 1. The molecule has 0 atom stereocenters. The molecule has 0 saturated heterocycles. The molecule has 0 radical (unpaired) electrons. The third-order valence-electron chi connectivity index (χ3n) is 1.52. The van der Waals surface area contributed by atoms with Gasteiger partial charge in [0.1, 0.15) is 0 Å². The summed E-state index contributed by atoms with van der Waals surface area (Å²) in [5.41, 5.74) is 1.87. The molecule has 0 unspecified atom stereocenters. The fourth-order valence-corrected chi connectivity index (χ4v) is 0.968. The van der Waals surface area contributed by atoms with Gasteiger partial charge in [0.2, 0.25) is 0 Å². The van der Waals surface area contributed by atoms with Gasteiger partial charge in [0.05, 0.1) is 0 Å². The van der Waals surface area contributed by atoms with E-state index in [0.717, 1.165) is 17.0 Å². The zero-order valence-corrected chi connectivity index (χ0v) is 9.79. The number of aryl methyl sites for hydroxylation is 1. The molecule has 1 aromatic carbocycles. The standard InChI is InChI=1S/C9H10O.C4H10/c1-7-5-3-4-6-9(7)8(2)10;1-4(2)3/h3-6H,1-2H3;4H,1-3H3. The monoisotopic (exact) mass is 192 g/mol. The smallest absolute Gasteiger partial charge is 0.160 e. The number of hydrogen-bond acceptors (Lipinski definition) is 1. The van der Waals surface area contributed by atoms with E-state index in [1.165, 1.54) is 0 Å². The first-order valence-electron chi connectivity index (χ1n) is 5.01. The summed E-state index contributed by atoms with van der Waals surface area (Å²) in [6.07, 6.45) is 0. The Kier molecular flexibility index (Phi) is 5.86. The molecule has 0 spiro atoms. The lowest BCUT2D eigenvalue weighted by molar-refractivity contribution is 0.101. The molecule has 78 valence electrons. The molecule has 0 aromatic heterocycles. The average Bonchev–Trinajstić information content (AvgIpc) is 2.03. The second kappa shape index (κ2) is 6.36. The van der Waals surface area contributed by atoms with Crippen molar-refractivity contribution in [3.8, 4) is 0 Å². The maximum atomic E-state index is 10.9. The average molecular weight is 192 g/mol. The highest BCUT2D eigenvalue weighted by Crippen LogP contribution is 2.06. The van der Waals surface area contributed by atoms with Crippen LogP contribution in [-0.4, -0.2) is 5.78 Å². The molecule has 1 heteroatoms. The Labute approximate surface area is 87.2 Å². The molecular weight excluding hydrogens is 172 g/mol. The molecule has 0 saturated carbocycles. The molecule has 0 heterocycles. The van der Waals surface area contributed by atoms with Gasteiger partial charge in [0.15, 0.2) is 5.78 Å². The Balaban J connectivity index is 0.000000364. The van der Waals surface area contributed by atoms with Crippen molar-refractivity contribution in [2.45, 2.75) is 34.6 Å². The minimum Gasteiger partial charge on any atom is -0.295 e. The zero-order valence-electron chi connectivity index (χ0n) is 9.79. The van der Waals surface area contributed by atoms with E-state index in [9.17, 15) is 4.79 Å². The van der Waals surface area contributed by atoms with Gasteiger partial charge >= 0.3 is 0 Å². The quantitative estimate of drug-likeness (QED) is 0.617. The van der Waals surface area contributed by atoms with E-state index in [2.05, 4.69) is 20.8 Å². The van der Waals surface area contributed by atoms with Crippen LogP contribution in [0.5, 0.6) is 0 Å². The van der Waals surface area contributed by atoms with Crippen molar-refractivity contribution in [2.75, 3.05) is 0 Å². The lowest BCUT2D eigenvalue weighted by Gasteiger charge is -1.97. The Morgan fingerprint density at radius 2 is 1.57 bits per heavy atom. The molecule has 1 aromatic rings. The van der Waals surface area contributed by atoms with Gasteiger partial charge in [-0.2, -0.15) is 0 Å². The summed E-state index contributed by atoms with van der Waals surface area (Å²) in [6.45, 7) is 10.0. The van der Waals surface area contributed by atoms with Crippen LogP contribution in [0.3, 0.4) is 0 Å². The SMILES string of the molecule is CC(=O)c1ccccc1C.CC(C)C. The van der Waals surface area contributed by atoms with E-state index in [-0.39, 0.29) is 5.78 Å². The maximum Gasteiger partial charge on any atom is 0.160 e. The molecule has 1 rings (SSSR count).